The quantitative estimate of drug-likeness (QED) is 0.258. The number of H-pyrrole nitrogens is 1. The average Bonchev–Trinajstić information content (AvgIpc) is 3.52. The number of rotatable bonds is 6. The van der Waals surface area contributed by atoms with E-state index in [0.717, 1.165) is 37.1 Å². The van der Waals surface area contributed by atoms with Crippen molar-refractivity contribution in [2.45, 2.75) is 32.2 Å². The van der Waals surface area contributed by atoms with Crippen molar-refractivity contribution in [1.29, 1.82) is 0 Å². The van der Waals surface area contributed by atoms with Gasteiger partial charge in [-0.15, -0.1) is 0 Å². The van der Waals surface area contributed by atoms with Crippen molar-refractivity contribution in [2.24, 2.45) is 0 Å². The van der Waals surface area contributed by atoms with E-state index in [-0.39, 0.29) is 19.6 Å². The van der Waals surface area contributed by atoms with E-state index in [0.29, 0.717) is 23.8 Å². The molecule has 39 heavy (non-hydrogen) atoms. The van der Waals surface area contributed by atoms with Crippen molar-refractivity contribution in [3.63, 3.8) is 0 Å². The summed E-state index contributed by atoms with van der Waals surface area (Å²) in [4.78, 5) is 31.6. The van der Waals surface area contributed by atoms with Crippen LogP contribution in [0, 0.1) is 0 Å². The number of imidazole rings is 1. The number of aromatic nitrogens is 4. The van der Waals surface area contributed by atoms with Gasteiger partial charge in [-0.2, -0.15) is 5.10 Å². The fraction of sp³-hybridized carbons (Fsp3) is 0.172. The Hall–Kier alpha value is -4.44. The zero-order chi connectivity index (χ0) is 26.9. The molecular weight excluding hydrogens is 562 g/mol. The Bertz CT molecular complexity index is 1670. The standard InChI is InChI=1S/C29H24BrN5O4/c30-20-11-12-21-22(13-20)32-33-26(21)27-31-23-14-24(28(36)39-17-19-9-5-2-6-10-19)35(29(37)38)16-25(23)34(27)15-18-7-3-1-4-8-18/h1-13,24H,14-17H2,(H,32,33)(H,37,38)/t24-/m0/s1. The topological polar surface area (TPSA) is 113 Å². The summed E-state index contributed by atoms with van der Waals surface area (Å²) < 4.78 is 8.46. The molecule has 1 atom stereocenters. The Morgan fingerprint density at radius 3 is 2.46 bits per heavy atom. The molecular formula is C29H24BrN5O4. The Balaban J connectivity index is 1.40. The van der Waals surface area contributed by atoms with Gasteiger partial charge in [0.05, 0.1) is 23.4 Å². The lowest BCUT2D eigenvalue weighted by Gasteiger charge is -2.32. The second kappa shape index (κ2) is 10.4. The van der Waals surface area contributed by atoms with Crippen LogP contribution in [0.3, 0.4) is 0 Å². The van der Waals surface area contributed by atoms with Crippen LogP contribution in [0.1, 0.15) is 22.5 Å². The van der Waals surface area contributed by atoms with Gasteiger partial charge in [0.15, 0.2) is 5.82 Å². The summed E-state index contributed by atoms with van der Waals surface area (Å²) in [6.45, 7) is 0.544. The van der Waals surface area contributed by atoms with E-state index in [1.165, 1.54) is 0 Å². The average molecular weight is 586 g/mol. The zero-order valence-corrected chi connectivity index (χ0v) is 22.3. The third-order valence-corrected chi connectivity index (χ3v) is 7.39. The highest BCUT2D eigenvalue weighted by atomic mass is 79.9. The summed E-state index contributed by atoms with van der Waals surface area (Å²) in [5.74, 6) is 0.0159. The first-order valence-corrected chi connectivity index (χ1v) is 13.2. The second-order valence-corrected chi connectivity index (χ2v) is 10.3. The van der Waals surface area contributed by atoms with E-state index in [9.17, 15) is 14.7 Å². The molecule has 0 saturated heterocycles. The van der Waals surface area contributed by atoms with Gasteiger partial charge in [0, 0.05) is 22.8 Å². The molecule has 1 amide bonds. The van der Waals surface area contributed by atoms with Gasteiger partial charge in [-0.05, 0) is 29.3 Å². The molecule has 0 saturated carbocycles. The van der Waals surface area contributed by atoms with Crippen LogP contribution in [0.25, 0.3) is 22.4 Å². The first-order chi connectivity index (χ1) is 19.0. The molecule has 10 heteroatoms. The number of hydrogen-bond acceptors (Lipinski definition) is 5. The fourth-order valence-corrected chi connectivity index (χ4v) is 5.32. The maximum Gasteiger partial charge on any atom is 0.408 e. The minimum absolute atomic E-state index is 0.00348. The highest BCUT2D eigenvalue weighted by molar-refractivity contribution is 9.10. The second-order valence-electron chi connectivity index (χ2n) is 9.39. The number of aromatic amines is 1. The molecule has 5 aromatic rings. The van der Waals surface area contributed by atoms with Crippen molar-refractivity contribution in [3.8, 4) is 11.5 Å². The molecule has 0 unspecified atom stereocenters. The Kier molecular flexibility index (Phi) is 6.62. The molecule has 2 N–H and O–H groups in total. The number of fused-ring (bicyclic) bond motifs is 2. The third kappa shape index (κ3) is 4.90. The normalized spacial score (nSPS) is 14.8. The Morgan fingerprint density at radius 2 is 1.74 bits per heavy atom. The molecule has 3 aromatic carbocycles. The van der Waals surface area contributed by atoms with Crippen LogP contribution in [0.15, 0.2) is 83.3 Å². The van der Waals surface area contributed by atoms with E-state index in [1.54, 1.807) is 0 Å². The maximum absolute atomic E-state index is 13.1. The molecule has 9 nitrogen and oxygen atoms in total. The third-order valence-electron chi connectivity index (χ3n) is 6.90. The van der Waals surface area contributed by atoms with Gasteiger partial charge in [-0.25, -0.2) is 14.6 Å². The van der Waals surface area contributed by atoms with Crippen molar-refractivity contribution < 1.29 is 19.4 Å². The monoisotopic (exact) mass is 585 g/mol. The van der Waals surface area contributed by atoms with Gasteiger partial charge >= 0.3 is 12.1 Å². The predicted molar refractivity (Wildman–Crippen MR) is 148 cm³/mol. The van der Waals surface area contributed by atoms with E-state index in [4.69, 9.17) is 9.72 Å². The van der Waals surface area contributed by atoms with E-state index in [1.807, 2.05) is 83.4 Å². The van der Waals surface area contributed by atoms with Gasteiger partial charge in [-0.1, -0.05) is 76.6 Å². The number of ether oxygens (including phenoxy) is 1. The maximum atomic E-state index is 13.1. The Labute approximate surface area is 232 Å². The van der Waals surface area contributed by atoms with Crippen LogP contribution in [0.5, 0.6) is 0 Å². The van der Waals surface area contributed by atoms with Crippen LogP contribution < -0.4 is 0 Å². The molecule has 2 aromatic heterocycles. The predicted octanol–water partition coefficient (Wildman–Crippen LogP) is 5.39. The molecule has 1 aliphatic heterocycles. The van der Waals surface area contributed by atoms with E-state index in [2.05, 4.69) is 26.1 Å². The highest BCUT2D eigenvalue weighted by Crippen LogP contribution is 2.33. The summed E-state index contributed by atoms with van der Waals surface area (Å²) in [6.07, 6.45) is -1.08. The summed E-state index contributed by atoms with van der Waals surface area (Å²) >= 11 is 3.50. The first kappa shape index (κ1) is 24.9. The van der Waals surface area contributed by atoms with Crippen LogP contribution in [0.2, 0.25) is 0 Å². The van der Waals surface area contributed by atoms with Crippen molar-refractivity contribution >= 4 is 38.9 Å². The summed E-state index contributed by atoms with van der Waals surface area (Å²) in [7, 11) is 0. The number of benzene rings is 3. The van der Waals surface area contributed by atoms with Crippen molar-refractivity contribution in [2.75, 3.05) is 0 Å². The molecule has 6 rings (SSSR count). The molecule has 196 valence electrons. The van der Waals surface area contributed by atoms with Crippen LogP contribution in [0.4, 0.5) is 4.79 Å². The highest BCUT2D eigenvalue weighted by Gasteiger charge is 2.39. The van der Waals surface area contributed by atoms with Gasteiger partial charge in [0.1, 0.15) is 18.3 Å². The van der Waals surface area contributed by atoms with E-state index >= 15 is 0 Å². The minimum Gasteiger partial charge on any atom is -0.465 e. The lowest BCUT2D eigenvalue weighted by molar-refractivity contribution is -0.151. The van der Waals surface area contributed by atoms with Gasteiger partial charge < -0.3 is 14.4 Å². The smallest absolute Gasteiger partial charge is 0.408 e. The zero-order valence-electron chi connectivity index (χ0n) is 20.8. The SMILES string of the molecule is O=C(OCc1ccccc1)[C@@H]1Cc2nc(-c3n[nH]c4cc(Br)ccc34)n(Cc3ccccc3)c2CN1C(=O)O. The lowest BCUT2D eigenvalue weighted by Crippen LogP contribution is -2.49. The number of nitrogens with one attached hydrogen (secondary N) is 1. The molecule has 0 radical (unpaired) electrons. The van der Waals surface area contributed by atoms with Crippen molar-refractivity contribution in [1.82, 2.24) is 24.6 Å². The minimum atomic E-state index is -1.19. The number of amides is 1. The molecule has 0 aliphatic carbocycles. The summed E-state index contributed by atoms with van der Waals surface area (Å²) in [5.41, 5.74) is 4.77. The lowest BCUT2D eigenvalue weighted by atomic mass is 10.0. The molecule has 0 fully saturated rings. The number of carbonyl (C=O) groups is 2. The molecule has 1 aliphatic rings. The number of nitrogens with zero attached hydrogens (tertiary/aromatic N) is 4. The van der Waals surface area contributed by atoms with E-state index < -0.39 is 18.1 Å². The fourth-order valence-electron chi connectivity index (χ4n) is 4.96. The van der Waals surface area contributed by atoms with Crippen LogP contribution in [-0.2, 0) is 35.6 Å². The van der Waals surface area contributed by atoms with Crippen LogP contribution >= 0.6 is 15.9 Å². The Morgan fingerprint density at radius 1 is 1.03 bits per heavy atom. The largest absolute Gasteiger partial charge is 0.465 e. The number of carboxylic acid groups (broad SMARTS) is 1. The van der Waals surface area contributed by atoms with Crippen LogP contribution in [-0.4, -0.2) is 47.9 Å². The van der Waals surface area contributed by atoms with Gasteiger partial charge in [-0.3, -0.25) is 10.00 Å². The summed E-state index contributed by atoms with van der Waals surface area (Å²) in [5, 5.41) is 18.6. The molecule has 0 spiro atoms. The number of halogens is 1. The number of carbonyl (C=O) groups excluding carboxylic acids is 1. The van der Waals surface area contributed by atoms with Gasteiger partial charge in [0.2, 0.25) is 0 Å². The van der Waals surface area contributed by atoms with Crippen molar-refractivity contribution in [3.05, 3.63) is 106 Å². The summed E-state index contributed by atoms with van der Waals surface area (Å²) in [6, 6.07) is 24.0. The molecule has 3 heterocycles. The first-order valence-electron chi connectivity index (χ1n) is 12.4. The molecule has 0 bridgehead atoms. The number of esters is 1. The number of hydrogen-bond donors (Lipinski definition) is 2. The van der Waals surface area contributed by atoms with Gasteiger partial charge in [0.25, 0.3) is 0 Å².